The fraction of sp³-hybridized carbons (Fsp3) is 0.154. The molecule has 0 aliphatic rings. The third-order valence-electron chi connectivity index (χ3n) is 4.75. The second-order valence-corrected chi connectivity index (χ2v) is 6.46. The molecule has 0 heterocycles. The smallest absolute Gasteiger partial charge is 0.167 e. The normalized spacial score (nSPS) is 11.1. The summed E-state index contributed by atoms with van der Waals surface area (Å²) in [7, 11) is 6.57. The minimum absolute atomic E-state index is 0.706. The number of ether oxygens (including phenoxy) is 4. The monoisotopic (exact) mass is 402 g/mol. The van der Waals surface area contributed by atoms with Crippen LogP contribution in [0.25, 0.3) is 24.3 Å². The lowest BCUT2D eigenvalue weighted by atomic mass is 10.0. The average molecular weight is 402 g/mol. The van der Waals surface area contributed by atoms with E-state index < -0.39 is 0 Å². The molecule has 0 amide bonds. The van der Waals surface area contributed by atoms with Crippen LogP contribution in [0.1, 0.15) is 22.3 Å². The van der Waals surface area contributed by atoms with Crippen molar-refractivity contribution in [2.75, 3.05) is 28.4 Å². The van der Waals surface area contributed by atoms with Crippen LogP contribution in [0.4, 0.5) is 0 Å². The molecule has 0 atom stereocenters. The van der Waals surface area contributed by atoms with Gasteiger partial charge in [-0.25, -0.2) is 0 Å². The van der Waals surface area contributed by atoms with Gasteiger partial charge in [0.2, 0.25) is 0 Å². The van der Waals surface area contributed by atoms with Gasteiger partial charge < -0.3 is 18.9 Å². The van der Waals surface area contributed by atoms with Gasteiger partial charge in [-0.15, -0.1) is 0 Å². The molecule has 0 spiro atoms. The van der Waals surface area contributed by atoms with Crippen molar-refractivity contribution in [1.82, 2.24) is 0 Å². The van der Waals surface area contributed by atoms with Crippen molar-refractivity contribution in [3.05, 3.63) is 82.9 Å². The Labute approximate surface area is 178 Å². The fourth-order valence-corrected chi connectivity index (χ4v) is 3.26. The highest BCUT2D eigenvalue weighted by Gasteiger charge is 2.08. The lowest BCUT2D eigenvalue weighted by molar-refractivity contribution is 0.354. The quantitative estimate of drug-likeness (QED) is 0.429. The predicted octanol–water partition coefficient (Wildman–Crippen LogP) is 6.06. The molecule has 0 radical (unpaired) electrons. The molecule has 3 aromatic rings. The SMILES string of the molecule is COc1cccc(C=Cc2ccccc2C=Cc2cccc(OC)c2OC)c1OC. The molecule has 0 aromatic heterocycles. The number of hydrogen-bond acceptors (Lipinski definition) is 4. The number of hydrogen-bond donors (Lipinski definition) is 0. The highest BCUT2D eigenvalue weighted by atomic mass is 16.5. The third kappa shape index (κ3) is 4.66. The van der Waals surface area contributed by atoms with Crippen molar-refractivity contribution in [3.63, 3.8) is 0 Å². The summed E-state index contributed by atoms with van der Waals surface area (Å²) < 4.78 is 21.8. The molecule has 0 saturated carbocycles. The van der Waals surface area contributed by atoms with Crippen molar-refractivity contribution >= 4 is 24.3 Å². The molecule has 154 valence electrons. The van der Waals surface area contributed by atoms with Crippen LogP contribution < -0.4 is 18.9 Å². The topological polar surface area (TPSA) is 36.9 Å². The Bertz CT molecular complexity index is 966. The molecule has 0 unspecified atom stereocenters. The van der Waals surface area contributed by atoms with E-state index in [1.807, 2.05) is 60.7 Å². The van der Waals surface area contributed by atoms with Gasteiger partial charge in [-0.3, -0.25) is 0 Å². The summed E-state index contributed by atoms with van der Waals surface area (Å²) in [5.74, 6) is 2.84. The molecule has 30 heavy (non-hydrogen) atoms. The van der Waals surface area contributed by atoms with Crippen LogP contribution in [0.3, 0.4) is 0 Å². The Hall–Kier alpha value is -3.66. The summed E-state index contributed by atoms with van der Waals surface area (Å²) in [5.41, 5.74) is 4.07. The highest BCUT2D eigenvalue weighted by molar-refractivity contribution is 5.82. The minimum Gasteiger partial charge on any atom is -0.493 e. The van der Waals surface area contributed by atoms with Gasteiger partial charge in [0.15, 0.2) is 23.0 Å². The van der Waals surface area contributed by atoms with Crippen molar-refractivity contribution in [2.24, 2.45) is 0 Å². The highest BCUT2D eigenvalue weighted by Crippen LogP contribution is 2.33. The van der Waals surface area contributed by atoms with E-state index in [4.69, 9.17) is 18.9 Å². The van der Waals surface area contributed by atoms with E-state index in [1.165, 1.54) is 0 Å². The largest absolute Gasteiger partial charge is 0.493 e. The van der Waals surface area contributed by atoms with Crippen LogP contribution in [-0.2, 0) is 0 Å². The molecule has 0 saturated heterocycles. The van der Waals surface area contributed by atoms with E-state index in [0.717, 1.165) is 22.3 Å². The number of para-hydroxylation sites is 2. The maximum atomic E-state index is 5.52. The van der Waals surface area contributed by atoms with Crippen LogP contribution in [0.2, 0.25) is 0 Å². The minimum atomic E-state index is 0.706. The Kier molecular flexibility index (Phi) is 7.17. The zero-order valence-electron chi connectivity index (χ0n) is 17.7. The van der Waals surface area contributed by atoms with Crippen molar-refractivity contribution in [1.29, 1.82) is 0 Å². The van der Waals surface area contributed by atoms with Gasteiger partial charge in [-0.1, -0.05) is 72.8 Å². The van der Waals surface area contributed by atoms with Gasteiger partial charge in [-0.2, -0.15) is 0 Å². The van der Waals surface area contributed by atoms with Gasteiger partial charge in [0.05, 0.1) is 28.4 Å². The zero-order valence-corrected chi connectivity index (χ0v) is 17.7. The first kappa shape index (κ1) is 21.1. The second kappa shape index (κ2) is 10.2. The van der Waals surface area contributed by atoms with Crippen LogP contribution in [0.15, 0.2) is 60.7 Å². The van der Waals surface area contributed by atoms with Crippen LogP contribution >= 0.6 is 0 Å². The summed E-state index contributed by atoms with van der Waals surface area (Å²) in [6.45, 7) is 0. The van der Waals surface area contributed by atoms with E-state index >= 15 is 0 Å². The Morgan fingerprint density at radius 1 is 0.433 bits per heavy atom. The molecule has 4 heteroatoms. The van der Waals surface area contributed by atoms with Crippen molar-refractivity contribution < 1.29 is 18.9 Å². The number of rotatable bonds is 8. The number of methoxy groups -OCH3 is 4. The molecule has 0 bridgehead atoms. The summed E-state index contributed by atoms with van der Waals surface area (Å²) >= 11 is 0. The van der Waals surface area contributed by atoms with Crippen LogP contribution in [0, 0.1) is 0 Å². The lowest BCUT2D eigenvalue weighted by Gasteiger charge is -2.10. The standard InChI is InChI=1S/C26H26O4/c1-27-23-13-7-11-21(25(23)29-3)17-15-19-9-5-6-10-20(19)16-18-22-12-8-14-24(28-2)26(22)30-4/h5-18H,1-4H3. The average Bonchev–Trinajstić information content (AvgIpc) is 2.80. The van der Waals surface area contributed by atoms with E-state index in [9.17, 15) is 0 Å². The van der Waals surface area contributed by atoms with E-state index in [1.54, 1.807) is 28.4 Å². The van der Waals surface area contributed by atoms with Gasteiger partial charge >= 0.3 is 0 Å². The molecule has 4 nitrogen and oxygen atoms in total. The Morgan fingerprint density at radius 2 is 0.800 bits per heavy atom. The summed E-state index contributed by atoms with van der Waals surface area (Å²) in [4.78, 5) is 0. The summed E-state index contributed by atoms with van der Waals surface area (Å²) in [5, 5.41) is 0. The first-order valence-electron chi connectivity index (χ1n) is 9.59. The summed E-state index contributed by atoms with van der Waals surface area (Å²) in [6.07, 6.45) is 8.19. The van der Waals surface area contributed by atoms with Gasteiger partial charge in [0.1, 0.15) is 0 Å². The third-order valence-corrected chi connectivity index (χ3v) is 4.75. The summed E-state index contributed by atoms with van der Waals surface area (Å²) in [6, 6.07) is 19.8. The van der Waals surface area contributed by atoms with E-state index in [0.29, 0.717) is 23.0 Å². The van der Waals surface area contributed by atoms with Gasteiger partial charge in [0, 0.05) is 11.1 Å². The molecule has 0 fully saturated rings. The fourth-order valence-electron chi connectivity index (χ4n) is 3.26. The molecule has 0 N–H and O–H groups in total. The Balaban J connectivity index is 1.93. The number of benzene rings is 3. The lowest BCUT2D eigenvalue weighted by Crippen LogP contribution is -1.92. The van der Waals surface area contributed by atoms with Crippen molar-refractivity contribution in [3.8, 4) is 23.0 Å². The van der Waals surface area contributed by atoms with Gasteiger partial charge in [-0.05, 0) is 23.3 Å². The first-order valence-corrected chi connectivity index (χ1v) is 9.59. The predicted molar refractivity (Wildman–Crippen MR) is 123 cm³/mol. The maximum Gasteiger partial charge on any atom is 0.167 e. The molecular weight excluding hydrogens is 376 g/mol. The maximum absolute atomic E-state index is 5.52. The molecule has 0 aliphatic carbocycles. The van der Waals surface area contributed by atoms with Crippen molar-refractivity contribution in [2.45, 2.75) is 0 Å². The first-order chi connectivity index (χ1) is 14.7. The molecule has 0 aliphatic heterocycles. The van der Waals surface area contributed by atoms with Crippen LogP contribution in [-0.4, -0.2) is 28.4 Å². The van der Waals surface area contributed by atoms with E-state index in [2.05, 4.69) is 24.3 Å². The second-order valence-electron chi connectivity index (χ2n) is 6.46. The van der Waals surface area contributed by atoms with E-state index in [-0.39, 0.29) is 0 Å². The molecule has 3 rings (SSSR count). The molecule has 3 aromatic carbocycles. The zero-order chi connectivity index (χ0) is 21.3. The molecular formula is C26H26O4. The van der Waals surface area contributed by atoms with Gasteiger partial charge in [0.25, 0.3) is 0 Å². The van der Waals surface area contributed by atoms with Crippen LogP contribution in [0.5, 0.6) is 23.0 Å². The Morgan fingerprint density at radius 3 is 1.17 bits per heavy atom.